The Balaban J connectivity index is 2.60. The first-order valence-electron chi connectivity index (χ1n) is 5.82. The highest BCUT2D eigenvalue weighted by molar-refractivity contribution is 5.81. The van der Waals surface area contributed by atoms with Gasteiger partial charge in [0.15, 0.2) is 0 Å². The van der Waals surface area contributed by atoms with Crippen LogP contribution in [0.2, 0.25) is 0 Å². The number of nitrogens with zero attached hydrogens (tertiary/aromatic N) is 1. The number of hydrogen-bond acceptors (Lipinski definition) is 3. The maximum Gasteiger partial charge on any atom is 0.330 e. The lowest BCUT2D eigenvalue weighted by Gasteiger charge is -2.20. The predicted molar refractivity (Wildman–Crippen MR) is 74.1 cm³/mol. The fraction of sp³-hybridized carbons (Fsp3) is 0.267. The highest BCUT2D eigenvalue weighted by atomic mass is 16.5. The Hall–Kier alpha value is -1.87. The second-order valence-electron chi connectivity index (χ2n) is 4.13. The molecule has 1 unspecified atom stereocenters. The van der Waals surface area contributed by atoms with Gasteiger partial charge in [-0.3, -0.25) is 4.90 Å². The van der Waals surface area contributed by atoms with Gasteiger partial charge in [-0.15, -0.1) is 0 Å². The molecule has 1 atom stereocenters. The van der Waals surface area contributed by atoms with E-state index in [0.717, 1.165) is 5.56 Å². The van der Waals surface area contributed by atoms with Crippen LogP contribution in [-0.4, -0.2) is 37.6 Å². The molecular weight excluding hydrogens is 226 g/mol. The Labute approximate surface area is 108 Å². The van der Waals surface area contributed by atoms with E-state index in [1.54, 1.807) is 0 Å². The molecule has 3 heteroatoms. The average molecular weight is 245 g/mol. The van der Waals surface area contributed by atoms with Crippen molar-refractivity contribution in [3.8, 4) is 0 Å². The smallest absolute Gasteiger partial charge is 0.330 e. The minimum atomic E-state index is -0.394. The molecule has 0 N–H and O–H groups in total. The molecule has 0 spiro atoms. The van der Waals surface area contributed by atoms with Crippen molar-refractivity contribution in [2.45, 2.75) is 6.04 Å². The summed E-state index contributed by atoms with van der Waals surface area (Å²) in [5, 5.41) is 0. The van der Waals surface area contributed by atoms with Gasteiger partial charge in [-0.1, -0.05) is 49.1 Å². The largest absolute Gasteiger partial charge is 0.461 e. The molecule has 0 fully saturated rings. The summed E-state index contributed by atoms with van der Waals surface area (Å²) >= 11 is 0. The topological polar surface area (TPSA) is 29.5 Å². The van der Waals surface area contributed by atoms with Crippen molar-refractivity contribution in [2.24, 2.45) is 0 Å². The Kier molecular flexibility index (Phi) is 5.88. The molecule has 0 aromatic heterocycles. The van der Waals surface area contributed by atoms with Gasteiger partial charge < -0.3 is 4.74 Å². The molecule has 0 aliphatic heterocycles. The van der Waals surface area contributed by atoms with Crippen molar-refractivity contribution in [1.82, 2.24) is 4.90 Å². The minimum absolute atomic E-state index is 0.0501. The van der Waals surface area contributed by atoms with Gasteiger partial charge in [0.05, 0.1) is 6.04 Å². The highest BCUT2D eigenvalue weighted by Gasteiger charge is 2.09. The second kappa shape index (κ2) is 7.45. The fourth-order valence-corrected chi connectivity index (χ4v) is 1.39. The molecule has 0 radical (unpaired) electrons. The monoisotopic (exact) mass is 245 g/mol. The lowest BCUT2D eigenvalue weighted by atomic mass is 10.1. The van der Waals surface area contributed by atoms with E-state index in [1.165, 1.54) is 6.08 Å². The third-order valence-electron chi connectivity index (χ3n) is 2.54. The number of carbonyl (C=O) groups excluding carboxylic acids is 1. The molecule has 0 aliphatic carbocycles. The zero-order valence-corrected chi connectivity index (χ0v) is 10.9. The Morgan fingerprint density at radius 2 is 2.06 bits per heavy atom. The summed E-state index contributed by atoms with van der Waals surface area (Å²) in [7, 11) is 3.89. The second-order valence-corrected chi connectivity index (χ2v) is 4.13. The van der Waals surface area contributed by atoms with E-state index in [1.807, 2.05) is 61.5 Å². The summed E-state index contributed by atoms with van der Waals surface area (Å²) in [6, 6.07) is 10.1. The normalized spacial score (nSPS) is 12.6. The van der Waals surface area contributed by atoms with Crippen LogP contribution in [0.25, 0.3) is 6.08 Å². The average Bonchev–Trinajstić information content (AvgIpc) is 2.39. The third kappa shape index (κ3) is 4.97. The molecule has 96 valence electrons. The molecule has 0 saturated carbocycles. The summed E-state index contributed by atoms with van der Waals surface area (Å²) in [4.78, 5) is 13.0. The molecule has 1 aromatic carbocycles. The number of hydrogen-bond donors (Lipinski definition) is 0. The van der Waals surface area contributed by atoms with E-state index in [9.17, 15) is 4.79 Å². The summed E-state index contributed by atoms with van der Waals surface area (Å²) < 4.78 is 5.05. The summed E-state index contributed by atoms with van der Waals surface area (Å²) in [5.74, 6) is -0.394. The van der Waals surface area contributed by atoms with Crippen LogP contribution in [0.3, 0.4) is 0 Å². The fourth-order valence-electron chi connectivity index (χ4n) is 1.39. The van der Waals surface area contributed by atoms with E-state index in [0.29, 0.717) is 6.61 Å². The van der Waals surface area contributed by atoms with E-state index in [2.05, 4.69) is 6.58 Å². The van der Waals surface area contributed by atoms with Crippen LogP contribution in [0, 0.1) is 0 Å². The molecule has 0 saturated heterocycles. The van der Waals surface area contributed by atoms with Gasteiger partial charge >= 0.3 is 5.97 Å². The van der Waals surface area contributed by atoms with Crippen molar-refractivity contribution in [3.05, 3.63) is 54.6 Å². The molecule has 3 nitrogen and oxygen atoms in total. The molecule has 18 heavy (non-hydrogen) atoms. The first kappa shape index (κ1) is 14.2. The van der Waals surface area contributed by atoms with Crippen LogP contribution < -0.4 is 0 Å². The van der Waals surface area contributed by atoms with E-state index < -0.39 is 5.97 Å². The Bertz CT molecular complexity index is 410. The van der Waals surface area contributed by atoms with Gasteiger partial charge in [-0.2, -0.15) is 0 Å². The number of ether oxygens (including phenoxy) is 1. The summed E-state index contributed by atoms with van der Waals surface area (Å²) in [6.45, 7) is 3.69. The van der Waals surface area contributed by atoms with Gasteiger partial charge in [0.25, 0.3) is 0 Å². The number of rotatable bonds is 6. The van der Waals surface area contributed by atoms with Crippen LogP contribution in [0.1, 0.15) is 5.56 Å². The van der Waals surface area contributed by atoms with Gasteiger partial charge in [0.1, 0.15) is 6.61 Å². The number of benzene rings is 1. The Morgan fingerprint density at radius 3 is 2.61 bits per heavy atom. The van der Waals surface area contributed by atoms with Crippen LogP contribution >= 0.6 is 0 Å². The van der Waals surface area contributed by atoms with Crippen LogP contribution in [0.5, 0.6) is 0 Å². The van der Waals surface area contributed by atoms with Gasteiger partial charge in [-0.25, -0.2) is 4.79 Å². The first-order chi connectivity index (χ1) is 8.63. The van der Waals surface area contributed by atoms with E-state index in [-0.39, 0.29) is 6.04 Å². The third-order valence-corrected chi connectivity index (χ3v) is 2.54. The molecule has 1 rings (SSSR count). The zero-order valence-electron chi connectivity index (χ0n) is 10.9. The molecular formula is C15H19NO2. The lowest BCUT2D eigenvalue weighted by Crippen LogP contribution is -2.31. The number of carbonyl (C=O) groups is 1. The summed E-state index contributed by atoms with van der Waals surface area (Å²) in [6.07, 6.45) is 5.21. The predicted octanol–water partition coefficient (Wildman–Crippen LogP) is 2.36. The van der Waals surface area contributed by atoms with Crippen LogP contribution in [0.4, 0.5) is 0 Å². The van der Waals surface area contributed by atoms with Crippen molar-refractivity contribution >= 4 is 12.0 Å². The molecule has 0 heterocycles. The first-order valence-corrected chi connectivity index (χ1v) is 5.82. The maximum atomic E-state index is 11.0. The molecule has 0 bridgehead atoms. The highest BCUT2D eigenvalue weighted by Crippen LogP contribution is 2.05. The molecule has 1 aromatic rings. The van der Waals surface area contributed by atoms with Crippen LogP contribution in [-0.2, 0) is 9.53 Å². The SMILES string of the molecule is C=CC(=O)OCC(C=Cc1ccccc1)N(C)C. The van der Waals surface area contributed by atoms with Crippen molar-refractivity contribution in [1.29, 1.82) is 0 Å². The van der Waals surface area contributed by atoms with Gasteiger partial charge in [0, 0.05) is 6.08 Å². The zero-order chi connectivity index (χ0) is 13.4. The maximum absolute atomic E-state index is 11.0. The quantitative estimate of drug-likeness (QED) is 0.569. The summed E-state index contributed by atoms with van der Waals surface area (Å²) in [5.41, 5.74) is 1.12. The van der Waals surface area contributed by atoms with Crippen molar-refractivity contribution in [2.75, 3.05) is 20.7 Å². The lowest BCUT2D eigenvalue weighted by molar-refractivity contribution is -0.138. The van der Waals surface area contributed by atoms with Gasteiger partial charge in [-0.05, 0) is 19.7 Å². The van der Waals surface area contributed by atoms with Crippen LogP contribution in [0.15, 0.2) is 49.1 Å². The Morgan fingerprint density at radius 1 is 1.39 bits per heavy atom. The number of esters is 1. The molecule has 0 aliphatic rings. The van der Waals surface area contributed by atoms with Crippen molar-refractivity contribution in [3.63, 3.8) is 0 Å². The van der Waals surface area contributed by atoms with E-state index >= 15 is 0 Å². The van der Waals surface area contributed by atoms with Gasteiger partial charge in [0.2, 0.25) is 0 Å². The van der Waals surface area contributed by atoms with E-state index in [4.69, 9.17) is 4.74 Å². The molecule has 0 amide bonds. The minimum Gasteiger partial charge on any atom is -0.461 e. The standard InChI is InChI=1S/C15H19NO2/c1-4-15(17)18-12-14(16(2)3)11-10-13-8-6-5-7-9-13/h4-11,14H,1,12H2,2-3H3. The van der Waals surface area contributed by atoms with Crippen molar-refractivity contribution < 1.29 is 9.53 Å². The number of likely N-dealkylation sites (N-methyl/N-ethyl adjacent to an activating group) is 1.